The lowest BCUT2D eigenvalue weighted by Crippen LogP contribution is -2.35. The number of benzene rings is 1. The average molecular weight is 248 g/mol. The third-order valence-electron chi connectivity index (χ3n) is 2.54. The summed E-state index contributed by atoms with van der Waals surface area (Å²) in [4.78, 5) is 11.6. The molecule has 0 saturated heterocycles. The van der Waals surface area contributed by atoms with Crippen LogP contribution >= 0.6 is 0 Å². The van der Waals surface area contributed by atoms with Crippen LogP contribution in [0.1, 0.15) is 19.8 Å². The number of carbonyl (C=O) groups is 1. The minimum absolute atomic E-state index is 0.147. The zero-order valence-electron chi connectivity index (χ0n) is 10.4. The van der Waals surface area contributed by atoms with Gasteiger partial charge >= 0.3 is 0 Å². The first kappa shape index (κ1) is 14.2. The van der Waals surface area contributed by atoms with Crippen LogP contribution in [0.2, 0.25) is 0 Å². The molecule has 1 aromatic rings. The van der Waals surface area contributed by atoms with E-state index < -0.39 is 0 Å². The molecule has 0 aliphatic rings. The fourth-order valence-corrected chi connectivity index (χ4v) is 1.48. The van der Waals surface area contributed by atoms with Gasteiger partial charge in [-0.05, 0) is 30.7 Å². The van der Waals surface area contributed by atoms with Crippen molar-refractivity contribution in [3.8, 4) is 12.3 Å². The first-order valence-corrected chi connectivity index (χ1v) is 5.88. The molecule has 3 nitrogen and oxygen atoms in total. The van der Waals surface area contributed by atoms with E-state index in [0.29, 0.717) is 12.1 Å². The van der Waals surface area contributed by atoms with Crippen molar-refractivity contribution in [1.29, 1.82) is 0 Å². The van der Waals surface area contributed by atoms with Crippen molar-refractivity contribution in [1.82, 2.24) is 5.32 Å². The summed E-state index contributed by atoms with van der Waals surface area (Å²) in [6.45, 7) is 2.20. The van der Waals surface area contributed by atoms with Crippen LogP contribution in [0.4, 0.5) is 10.1 Å². The Morgan fingerprint density at radius 3 is 2.67 bits per heavy atom. The third-order valence-corrected chi connectivity index (χ3v) is 2.54. The SMILES string of the molecule is C#CCC(CC)NCC(=O)Nc1ccc(F)cc1. The largest absolute Gasteiger partial charge is 0.325 e. The van der Waals surface area contributed by atoms with E-state index in [2.05, 4.69) is 16.6 Å². The molecule has 96 valence electrons. The summed E-state index contributed by atoms with van der Waals surface area (Å²) in [7, 11) is 0. The van der Waals surface area contributed by atoms with Crippen LogP contribution in [0.25, 0.3) is 0 Å². The predicted molar refractivity (Wildman–Crippen MR) is 70.6 cm³/mol. The molecule has 0 fully saturated rings. The summed E-state index contributed by atoms with van der Waals surface area (Å²) in [5.41, 5.74) is 0.577. The molecule has 4 heteroatoms. The van der Waals surface area contributed by atoms with Gasteiger partial charge in [-0.25, -0.2) is 4.39 Å². The van der Waals surface area contributed by atoms with Gasteiger partial charge in [-0.2, -0.15) is 0 Å². The average Bonchev–Trinajstić information content (AvgIpc) is 2.37. The van der Waals surface area contributed by atoms with Gasteiger partial charge < -0.3 is 10.6 Å². The first-order valence-electron chi connectivity index (χ1n) is 5.88. The number of halogens is 1. The van der Waals surface area contributed by atoms with Crippen LogP contribution < -0.4 is 10.6 Å². The summed E-state index contributed by atoms with van der Waals surface area (Å²) < 4.78 is 12.7. The molecule has 0 spiro atoms. The van der Waals surface area contributed by atoms with Crippen molar-refractivity contribution >= 4 is 11.6 Å². The molecule has 1 aromatic carbocycles. The maximum absolute atomic E-state index is 12.7. The van der Waals surface area contributed by atoms with Crippen LogP contribution in [0, 0.1) is 18.2 Å². The zero-order chi connectivity index (χ0) is 13.4. The summed E-state index contributed by atoms with van der Waals surface area (Å²) >= 11 is 0. The van der Waals surface area contributed by atoms with Gasteiger partial charge in [0.15, 0.2) is 0 Å². The highest BCUT2D eigenvalue weighted by Crippen LogP contribution is 2.07. The van der Waals surface area contributed by atoms with Crippen LogP contribution in [0.15, 0.2) is 24.3 Å². The summed E-state index contributed by atoms with van der Waals surface area (Å²) in [6, 6.07) is 5.79. The van der Waals surface area contributed by atoms with Gasteiger partial charge in [0.25, 0.3) is 0 Å². The Kier molecular flexibility index (Phi) is 5.89. The third kappa shape index (κ3) is 4.98. The van der Waals surface area contributed by atoms with E-state index in [1.165, 1.54) is 24.3 Å². The molecule has 0 aliphatic carbocycles. The molecule has 0 saturated carbocycles. The number of terminal acetylenes is 1. The van der Waals surface area contributed by atoms with Gasteiger partial charge in [0, 0.05) is 18.2 Å². The Balaban J connectivity index is 2.38. The highest BCUT2D eigenvalue weighted by atomic mass is 19.1. The van der Waals surface area contributed by atoms with E-state index in [4.69, 9.17) is 6.42 Å². The van der Waals surface area contributed by atoms with E-state index >= 15 is 0 Å². The van der Waals surface area contributed by atoms with Gasteiger partial charge in [-0.3, -0.25) is 4.79 Å². The highest BCUT2D eigenvalue weighted by Gasteiger charge is 2.07. The monoisotopic (exact) mass is 248 g/mol. The van der Waals surface area contributed by atoms with Crippen LogP contribution in [-0.2, 0) is 4.79 Å². The van der Waals surface area contributed by atoms with Crippen molar-refractivity contribution < 1.29 is 9.18 Å². The molecule has 0 aromatic heterocycles. The molecule has 1 unspecified atom stereocenters. The molecule has 1 atom stereocenters. The topological polar surface area (TPSA) is 41.1 Å². The lowest BCUT2D eigenvalue weighted by atomic mass is 10.1. The molecule has 0 heterocycles. The summed E-state index contributed by atoms with van der Waals surface area (Å²) in [5.74, 6) is 2.07. The minimum atomic E-state index is -0.328. The fraction of sp³-hybridized carbons (Fsp3) is 0.357. The molecular formula is C14H17FN2O. The maximum Gasteiger partial charge on any atom is 0.238 e. The standard InChI is InChI=1S/C14H17FN2O/c1-3-5-12(4-2)16-10-14(18)17-13-8-6-11(15)7-9-13/h1,6-9,12,16H,4-5,10H2,2H3,(H,17,18). The Bertz CT molecular complexity index is 422. The second kappa shape index (κ2) is 7.46. The Morgan fingerprint density at radius 2 is 2.11 bits per heavy atom. The summed E-state index contributed by atoms with van der Waals surface area (Å²) in [5, 5.41) is 5.74. The fourth-order valence-electron chi connectivity index (χ4n) is 1.48. The van der Waals surface area contributed by atoms with Gasteiger partial charge in [0.2, 0.25) is 5.91 Å². The van der Waals surface area contributed by atoms with Crippen molar-refractivity contribution in [3.63, 3.8) is 0 Å². The lowest BCUT2D eigenvalue weighted by molar-refractivity contribution is -0.115. The van der Waals surface area contributed by atoms with E-state index in [-0.39, 0.29) is 24.3 Å². The van der Waals surface area contributed by atoms with E-state index in [1.54, 1.807) is 0 Å². The summed E-state index contributed by atoms with van der Waals surface area (Å²) in [6.07, 6.45) is 6.69. The molecule has 0 aliphatic heterocycles. The molecular weight excluding hydrogens is 231 g/mol. The zero-order valence-corrected chi connectivity index (χ0v) is 10.4. The van der Waals surface area contributed by atoms with Crippen molar-refractivity contribution in [2.45, 2.75) is 25.8 Å². The lowest BCUT2D eigenvalue weighted by Gasteiger charge is -2.13. The maximum atomic E-state index is 12.7. The smallest absolute Gasteiger partial charge is 0.238 e. The Hall–Kier alpha value is -1.86. The molecule has 0 bridgehead atoms. The number of hydrogen-bond donors (Lipinski definition) is 2. The second-order valence-corrected chi connectivity index (χ2v) is 3.95. The Labute approximate surface area is 107 Å². The predicted octanol–water partition coefficient (Wildman–Crippen LogP) is 2.16. The number of anilines is 1. The Morgan fingerprint density at radius 1 is 1.44 bits per heavy atom. The van der Waals surface area contributed by atoms with Gasteiger partial charge in [-0.15, -0.1) is 12.3 Å². The van der Waals surface area contributed by atoms with Crippen molar-refractivity contribution in [2.75, 3.05) is 11.9 Å². The van der Waals surface area contributed by atoms with E-state index in [0.717, 1.165) is 6.42 Å². The number of hydrogen-bond acceptors (Lipinski definition) is 2. The van der Waals surface area contributed by atoms with Crippen LogP contribution in [-0.4, -0.2) is 18.5 Å². The minimum Gasteiger partial charge on any atom is -0.325 e. The highest BCUT2D eigenvalue weighted by molar-refractivity contribution is 5.92. The normalized spacial score (nSPS) is 11.6. The number of carbonyl (C=O) groups excluding carboxylic acids is 1. The van der Waals surface area contributed by atoms with Gasteiger partial charge in [0.1, 0.15) is 5.82 Å². The van der Waals surface area contributed by atoms with E-state index in [9.17, 15) is 9.18 Å². The second-order valence-electron chi connectivity index (χ2n) is 3.95. The number of amides is 1. The molecule has 2 N–H and O–H groups in total. The quantitative estimate of drug-likeness (QED) is 0.757. The molecule has 1 rings (SSSR count). The van der Waals surface area contributed by atoms with Crippen LogP contribution in [0.5, 0.6) is 0 Å². The van der Waals surface area contributed by atoms with Gasteiger partial charge in [-0.1, -0.05) is 6.92 Å². The molecule has 1 amide bonds. The first-order chi connectivity index (χ1) is 8.65. The molecule has 0 radical (unpaired) electrons. The van der Waals surface area contributed by atoms with Crippen molar-refractivity contribution in [3.05, 3.63) is 30.1 Å². The van der Waals surface area contributed by atoms with E-state index in [1.807, 2.05) is 6.92 Å². The molecule has 18 heavy (non-hydrogen) atoms. The van der Waals surface area contributed by atoms with Crippen molar-refractivity contribution in [2.24, 2.45) is 0 Å². The number of rotatable bonds is 6. The van der Waals surface area contributed by atoms with Crippen LogP contribution in [0.3, 0.4) is 0 Å². The van der Waals surface area contributed by atoms with Gasteiger partial charge in [0.05, 0.1) is 6.54 Å². The number of nitrogens with one attached hydrogen (secondary N) is 2.